The lowest BCUT2D eigenvalue weighted by Gasteiger charge is -2.35. The fourth-order valence-corrected chi connectivity index (χ4v) is 6.63. The maximum Gasteiger partial charge on any atom is 0.255 e. The Bertz CT molecular complexity index is 1270. The molecule has 0 radical (unpaired) electrons. The molecule has 0 amide bonds. The second kappa shape index (κ2) is 9.11. The van der Waals surface area contributed by atoms with E-state index in [1.165, 1.54) is 5.56 Å². The first kappa shape index (κ1) is 21.9. The summed E-state index contributed by atoms with van der Waals surface area (Å²) in [6, 6.07) is 18.8. The molecule has 7 nitrogen and oxygen atoms in total. The van der Waals surface area contributed by atoms with Gasteiger partial charge in [-0.3, -0.25) is 14.7 Å². The zero-order chi connectivity index (χ0) is 22.8. The van der Waals surface area contributed by atoms with Crippen molar-refractivity contribution in [3.05, 3.63) is 87.8 Å². The summed E-state index contributed by atoms with van der Waals surface area (Å²) in [6.45, 7) is 4.04. The highest BCUT2D eigenvalue weighted by Gasteiger charge is 2.36. The lowest BCUT2D eigenvalue weighted by atomic mass is 9.97. The van der Waals surface area contributed by atoms with E-state index in [0.29, 0.717) is 36.5 Å². The van der Waals surface area contributed by atoms with Gasteiger partial charge in [-0.25, -0.2) is 13.4 Å². The van der Waals surface area contributed by atoms with Crippen LogP contribution in [0.1, 0.15) is 34.9 Å². The molecule has 2 aliphatic rings. The van der Waals surface area contributed by atoms with Crippen LogP contribution in [0, 0.1) is 0 Å². The van der Waals surface area contributed by atoms with Crippen molar-refractivity contribution in [1.82, 2.24) is 14.9 Å². The number of fused-ring (bicyclic) bond motifs is 1. The summed E-state index contributed by atoms with van der Waals surface area (Å²) in [5.41, 5.74) is 2.00. The van der Waals surface area contributed by atoms with E-state index in [1.807, 2.05) is 18.2 Å². The number of nitrogens with zero attached hydrogens (tertiary/aromatic N) is 3. The lowest BCUT2D eigenvalue weighted by Crippen LogP contribution is -2.47. The quantitative estimate of drug-likeness (QED) is 0.625. The van der Waals surface area contributed by atoms with Gasteiger partial charge in [-0.15, -0.1) is 0 Å². The van der Waals surface area contributed by atoms with Crippen molar-refractivity contribution >= 4 is 15.8 Å². The van der Waals surface area contributed by atoms with Crippen LogP contribution in [0.15, 0.2) is 70.4 Å². The molecule has 3 aromatic rings. The second-order valence-corrected chi connectivity index (χ2v) is 10.9. The maximum absolute atomic E-state index is 13.4. The van der Waals surface area contributed by atoms with Gasteiger partial charge in [-0.1, -0.05) is 48.5 Å². The van der Waals surface area contributed by atoms with E-state index in [4.69, 9.17) is 4.98 Å². The number of hydrogen-bond acceptors (Lipinski definition) is 6. The van der Waals surface area contributed by atoms with E-state index >= 15 is 0 Å². The lowest BCUT2D eigenvalue weighted by molar-refractivity contribution is 0.248. The van der Waals surface area contributed by atoms with Crippen molar-refractivity contribution in [2.75, 3.05) is 31.1 Å². The fraction of sp³-hybridized carbons (Fsp3) is 0.360. The largest absolute Gasteiger partial charge is 0.340 e. The third-order valence-corrected chi connectivity index (χ3v) is 8.74. The molecular formula is C25H28N4O3S. The first-order valence-corrected chi connectivity index (χ1v) is 13.0. The first-order chi connectivity index (χ1) is 16.0. The molecule has 0 spiro atoms. The highest BCUT2D eigenvalue weighted by Crippen LogP contribution is 2.37. The van der Waals surface area contributed by atoms with Gasteiger partial charge in [0, 0.05) is 38.3 Å². The van der Waals surface area contributed by atoms with Crippen molar-refractivity contribution in [1.29, 1.82) is 0 Å². The monoisotopic (exact) mass is 464 g/mol. The number of anilines is 1. The summed E-state index contributed by atoms with van der Waals surface area (Å²) in [4.78, 5) is 25.3. The molecule has 1 unspecified atom stereocenters. The number of sulfone groups is 1. The van der Waals surface area contributed by atoms with Gasteiger partial charge in [0.05, 0.1) is 10.6 Å². The van der Waals surface area contributed by atoms with Crippen LogP contribution in [-0.4, -0.2) is 49.5 Å². The molecule has 172 valence electrons. The van der Waals surface area contributed by atoms with Crippen LogP contribution in [0.25, 0.3) is 0 Å². The van der Waals surface area contributed by atoms with Crippen LogP contribution in [0.4, 0.5) is 5.95 Å². The Morgan fingerprint density at radius 1 is 0.939 bits per heavy atom. The van der Waals surface area contributed by atoms with E-state index in [0.717, 1.165) is 32.7 Å². The van der Waals surface area contributed by atoms with Crippen molar-refractivity contribution in [2.24, 2.45) is 0 Å². The molecule has 2 heterocycles. The minimum Gasteiger partial charge on any atom is -0.340 e. The number of aromatic nitrogens is 2. The van der Waals surface area contributed by atoms with Gasteiger partial charge >= 0.3 is 0 Å². The summed E-state index contributed by atoms with van der Waals surface area (Å²) in [7, 11) is -3.63. The Morgan fingerprint density at radius 3 is 2.30 bits per heavy atom. The third-order valence-electron chi connectivity index (χ3n) is 6.60. The van der Waals surface area contributed by atoms with E-state index in [-0.39, 0.29) is 10.5 Å². The highest BCUT2D eigenvalue weighted by molar-refractivity contribution is 7.91. The number of aromatic amines is 1. The smallest absolute Gasteiger partial charge is 0.255 e. The summed E-state index contributed by atoms with van der Waals surface area (Å²) >= 11 is 0. The molecule has 0 saturated carbocycles. The number of H-pyrrole nitrogens is 1. The molecule has 1 aliphatic carbocycles. The first-order valence-electron chi connectivity index (χ1n) is 11.5. The Morgan fingerprint density at radius 2 is 1.61 bits per heavy atom. The van der Waals surface area contributed by atoms with Crippen LogP contribution in [0.3, 0.4) is 0 Å². The minimum atomic E-state index is -3.63. The van der Waals surface area contributed by atoms with Crippen molar-refractivity contribution in [2.45, 2.75) is 36.0 Å². The fourth-order valence-electron chi connectivity index (χ4n) is 4.80. The van der Waals surface area contributed by atoms with Crippen LogP contribution in [0.2, 0.25) is 0 Å². The van der Waals surface area contributed by atoms with Crippen LogP contribution < -0.4 is 10.5 Å². The van der Waals surface area contributed by atoms with Gasteiger partial charge in [-0.05, 0) is 37.0 Å². The summed E-state index contributed by atoms with van der Waals surface area (Å²) < 4.78 is 26.8. The third kappa shape index (κ3) is 4.45. The van der Waals surface area contributed by atoms with Crippen molar-refractivity contribution < 1.29 is 8.42 Å². The number of benzene rings is 2. The number of piperazine rings is 1. The molecule has 1 aliphatic heterocycles. The Labute approximate surface area is 194 Å². The molecule has 1 N–H and O–H groups in total. The predicted octanol–water partition coefficient (Wildman–Crippen LogP) is 2.94. The Hall–Kier alpha value is -2.97. The number of hydrogen-bond donors (Lipinski definition) is 1. The topological polar surface area (TPSA) is 86.4 Å². The van der Waals surface area contributed by atoms with E-state index in [9.17, 15) is 13.2 Å². The predicted molar refractivity (Wildman–Crippen MR) is 128 cm³/mol. The number of nitrogens with one attached hydrogen (secondary N) is 1. The molecule has 8 heteroatoms. The molecule has 33 heavy (non-hydrogen) atoms. The van der Waals surface area contributed by atoms with Gasteiger partial charge in [-0.2, -0.15) is 0 Å². The zero-order valence-electron chi connectivity index (χ0n) is 18.5. The molecule has 0 bridgehead atoms. The molecule has 1 saturated heterocycles. The van der Waals surface area contributed by atoms with E-state index in [1.54, 1.807) is 30.3 Å². The average molecular weight is 465 g/mol. The highest BCUT2D eigenvalue weighted by atomic mass is 32.2. The zero-order valence-corrected chi connectivity index (χ0v) is 19.3. The molecular weight excluding hydrogens is 436 g/mol. The standard InChI is InChI=1S/C25H28N4O3S/c30-24-21-12-7-13-22(33(31,32)20-10-5-2-6-11-20)23(21)26-25(27-24)29-16-14-28(15-17-29)18-19-8-3-1-4-9-19/h1-6,8-11,22H,7,12-18H2,(H,26,27,30). The van der Waals surface area contributed by atoms with Crippen molar-refractivity contribution in [3.8, 4) is 0 Å². The molecule has 2 aromatic carbocycles. The van der Waals surface area contributed by atoms with E-state index in [2.05, 4.69) is 26.9 Å². The second-order valence-electron chi connectivity index (χ2n) is 8.74. The van der Waals surface area contributed by atoms with Gasteiger partial charge in [0.25, 0.3) is 5.56 Å². The number of rotatable bonds is 5. The maximum atomic E-state index is 13.4. The normalized spacial score (nSPS) is 19.3. The molecule has 5 rings (SSSR count). The molecule has 1 atom stereocenters. The summed E-state index contributed by atoms with van der Waals surface area (Å²) in [5.74, 6) is 0.480. The van der Waals surface area contributed by atoms with E-state index < -0.39 is 15.1 Å². The summed E-state index contributed by atoms with van der Waals surface area (Å²) in [6.07, 6.45) is 1.70. The van der Waals surface area contributed by atoms with Gasteiger partial charge < -0.3 is 4.90 Å². The summed E-state index contributed by atoms with van der Waals surface area (Å²) in [5, 5.41) is -0.788. The van der Waals surface area contributed by atoms with Crippen LogP contribution >= 0.6 is 0 Å². The molecule has 1 aromatic heterocycles. The Kier molecular flexibility index (Phi) is 6.03. The van der Waals surface area contributed by atoms with Crippen molar-refractivity contribution in [3.63, 3.8) is 0 Å². The van der Waals surface area contributed by atoms with Crippen LogP contribution in [-0.2, 0) is 22.8 Å². The molecule has 1 fully saturated rings. The van der Waals surface area contributed by atoms with Gasteiger partial charge in [0.1, 0.15) is 5.25 Å². The average Bonchev–Trinajstić information content (AvgIpc) is 2.85. The minimum absolute atomic E-state index is 0.213. The van der Waals surface area contributed by atoms with Crippen LogP contribution in [0.5, 0.6) is 0 Å². The van der Waals surface area contributed by atoms with Gasteiger partial charge in [0.2, 0.25) is 5.95 Å². The van der Waals surface area contributed by atoms with Gasteiger partial charge in [0.15, 0.2) is 9.84 Å². The Balaban J connectivity index is 1.39. The SMILES string of the molecule is O=c1[nH]c(N2CCN(Cc3ccccc3)CC2)nc2c1CCCC2S(=O)(=O)c1ccccc1.